The van der Waals surface area contributed by atoms with Crippen LogP contribution in [0.3, 0.4) is 0 Å². The minimum Gasteiger partial charge on any atom is -0.354 e. The van der Waals surface area contributed by atoms with Crippen LogP contribution >= 0.6 is 11.8 Å². The fraction of sp³-hybridized carbons (Fsp3) is 0.250. The average Bonchev–Trinajstić information content (AvgIpc) is 2.49. The van der Waals surface area contributed by atoms with Crippen LogP contribution in [0.4, 0.5) is 5.69 Å². The van der Waals surface area contributed by atoms with Crippen LogP contribution in [0, 0.1) is 0 Å². The first kappa shape index (κ1) is 13.9. The fourth-order valence-corrected chi connectivity index (χ4v) is 3.37. The summed E-state index contributed by atoms with van der Waals surface area (Å²) in [5, 5.41) is 7.60. The number of benzene rings is 2. The van der Waals surface area contributed by atoms with Crippen molar-refractivity contribution in [2.24, 2.45) is 0 Å². The topological polar surface area (TPSA) is 58.2 Å². The third kappa shape index (κ3) is 3.36. The highest BCUT2D eigenvalue weighted by atomic mass is 32.2. The van der Waals surface area contributed by atoms with E-state index in [1.165, 1.54) is 11.8 Å². The van der Waals surface area contributed by atoms with Gasteiger partial charge in [-0.25, -0.2) is 0 Å². The maximum atomic E-state index is 12.1. The molecule has 2 aromatic rings. The molecule has 0 bridgehead atoms. The standard InChI is InChI=1S/C16H16N2O2S/c19-15(10-14-16(20)17-7-8-21-14)18-13-6-5-11-3-1-2-4-12(11)9-13/h1-6,9,14H,7-8,10H2,(H,17,20)(H,18,19)/t14-/m0/s1. The van der Waals surface area contributed by atoms with Gasteiger partial charge in [0.15, 0.2) is 0 Å². The lowest BCUT2D eigenvalue weighted by Crippen LogP contribution is -2.40. The zero-order valence-corrected chi connectivity index (χ0v) is 12.3. The predicted molar refractivity (Wildman–Crippen MR) is 86.5 cm³/mol. The Morgan fingerprint density at radius 3 is 2.86 bits per heavy atom. The van der Waals surface area contributed by atoms with E-state index in [4.69, 9.17) is 0 Å². The lowest BCUT2D eigenvalue weighted by Gasteiger charge is -2.20. The van der Waals surface area contributed by atoms with E-state index >= 15 is 0 Å². The monoisotopic (exact) mass is 300 g/mol. The Kier molecular flexibility index (Phi) is 4.10. The molecule has 0 radical (unpaired) electrons. The number of amides is 2. The van der Waals surface area contributed by atoms with E-state index in [0.717, 1.165) is 22.2 Å². The Labute approximate surface area is 127 Å². The molecule has 0 spiro atoms. The van der Waals surface area contributed by atoms with E-state index < -0.39 is 0 Å². The van der Waals surface area contributed by atoms with E-state index in [-0.39, 0.29) is 23.5 Å². The molecule has 0 aliphatic carbocycles. The summed E-state index contributed by atoms with van der Waals surface area (Å²) >= 11 is 1.54. The zero-order chi connectivity index (χ0) is 14.7. The molecule has 0 aromatic heterocycles. The lowest BCUT2D eigenvalue weighted by molar-refractivity contribution is -0.123. The molecule has 2 N–H and O–H groups in total. The van der Waals surface area contributed by atoms with Gasteiger partial charge >= 0.3 is 0 Å². The number of hydrogen-bond donors (Lipinski definition) is 2. The normalized spacial score (nSPS) is 18.3. The van der Waals surface area contributed by atoms with Crippen LogP contribution in [-0.2, 0) is 9.59 Å². The van der Waals surface area contributed by atoms with Gasteiger partial charge in [-0.3, -0.25) is 9.59 Å². The summed E-state index contributed by atoms with van der Waals surface area (Å²) in [5.41, 5.74) is 0.764. The summed E-state index contributed by atoms with van der Waals surface area (Å²) in [6.07, 6.45) is 0.212. The molecule has 0 unspecified atom stereocenters. The molecular formula is C16H16N2O2S. The predicted octanol–water partition coefficient (Wildman–Crippen LogP) is 2.40. The van der Waals surface area contributed by atoms with Gasteiger partial charge in [0.1, 0.15) is 0 Å². The number of carbonyl (C=O) groups excluding carboxylic acids is 2. The van der Waals surface area contributed by atoms with Crippen molar-refractivity contribution in [3.63, 3.8) is 0 Å². The second-order valence-corrected chi connectivity index (χ2v) is 6.28. The highest BCUT2D eigenvalue weighted by Gasteiger charge is 2.25. The number of nitrogens with one attached hydrogen (secondary N) is 2. The summed E-state index contributed by atoms with van der Waals surface area (Å²) in [6.45, 7) is 0.687. The fourth-order valence-electron chi connectivity index (χ4n) is 2.36. The van der Waals surface area contributed by atoms with Gasteiger partial charge in [0.2, 0.25) is 11.8 Å². The maximum Gasteiger partial charge on any atom is 0.233 e. The van der Waals surface area contributed by atoms with Gasteiger partial charge in [0.25, 0.3) is 0 Å². The number of anilines is 1. The minimum absolute atomic E-state index is 0.0417. The summed E-state index contributed by atoms with van der Waals surface area (Å²) in [7, 11) is 0. The first-order valence-corrected chi connectivity index (χ1v) is 7.95. The molecule has 1 saturated heterocycles. The van der Waals surface area contributed by atoms with Gasteiger partial charge in [-0.1, -0.05) is 30.3 Å². The Hall–Kier alpha value is -2.01. The van der Waals surface area contributed by atoms with Crippen LogP contribution in [0.1, 0.15) is 6.42 Å². The molecular weight excluding hydrogens is 284 g/mol. The van der Waals surface area contributed by atoms with Gasteiger partial charge in [-0.05, 0) is 22.9 Å². The Morgan fingerprint density at radius 2 is 2.05 bits per heavy atom. The Morgan fingerprint density at radius 1 is 1.24 bits per heavy atom. The highest BCUT2D eigenvalue weighted by Crippen LogP contribution is 2.21. The lowest BCUT2D eigenvalue weighted by atomic mass is 10.1. The molecule has 108 valence electrons. The molecule has 21 heavy (non-hydrogen) atoms. The largest absolute Gasteiger partial charge is 0.354 e. The smallest absolute Gasteiger partial charge is 0.233 e. The molecule has 3 rings (SSSR count). The molecule has 1 aliphatic heterocycles. The first-order chi connectivity index (χ1) is 10.2. The van der Waals surface area contributed by atoms with Gasteiger partial charge < -0.3 is 10.6 Å². The van der Waals surface area contributed by atoms with Crippen LogP contribution in [0.2, 0.25) is 0 Å². The molecule has 1 heterocycles. The number of fused-ring (bicyclic) bond motifs is 1. The Balaban J connectivity index is 1.66. The SMILES string of the molecule is O=C(C[C@@H]1SCCNC1=O)Nc1ccc2ccccc2c1. The third-order valence-electron chi connectivity index (χ3n) is 3.42. The molecule has 1 atom stereocenters. The van der Waals surface area contributed by atoms with Crippen LogP contribution in [0.25, 0.3) is 10.8 Å². The van der Waals surface area contributed by atoms with Crippen LogP contribution in [0.15, 0.2) is 42.5 Å². The van der Waals surface area contributed by atoms with Gasteiger partial charge in [-0.15, -0.1) is 11.8 Å². The van der Waals surface area contributed by atoms with E-state index in [1.54, 1.807) is 0 Å². The third-order valence-corrected chi connectivity index (χ3v) is 4.64. The van der Waals surface area contributed by atoms with E-state index in [2.05, 4.69) is 10.6 Å². The van der Waals surface area contributed by atoms with Crippen molar-refractivity contribution in [1.29, 1.82) is 0 Å². The first-order valence-electron chi connectivity index (χ1n) is 6.90. The van der Waals surface area contributed by atoms with Crippen LogP contribution in [0.5, 0.6) is 0 Å². The summed E-state index contributed by atoms with van der Waals surface area (Å²) < 4.78 is 0. The molecule has 4 nitrogen and oxygen atoms in total. The van der Waals surface area contributed by atoms with Crippen molar-refractivity contribution in [2.75, 3.05) is 17.6 Å². The van der Waals surface area contributed by atoms with Crippen molar-refractivity contribution >= 4 is 40.0 Å². The second kappa shape index (κ2) is 6.18. The summed E-state index contributed by atoms with van der Waals surface area (Å²) in [5.74, 6) is 0.694. The summed E-state index contributed by atoms with van der Waals surface area (Å²) in [6, 6.07) is 13.8. The van der Waals surface area contributed by atoms with Gasteiger partial charge in [-0.2, -0.15) is 0 Å². The van der Waals surface area contributed by atoms with Crippen LogP contribution in [-0.4, -0.2) is 29.4 Å². The molecule has 5 heteroatoms. The minimum atomic E-state index is -0.279. The number of carbonyl (C=O) groups is 2. The zero-order valence-electron chi connectivity index (χ0n) is 11.5. The molecule has 1 aliphatic rings. The maximum absolute atomic E-state index is 12.1. The number of rotatable bonds is 3. The number of hydrogen-bond acceptors (Lipinski definition) is 3. The quantitative estimate of drug-likeness (QED) is 0.915. The average molecular weight is 300 g/mol. The van der Waals surface area contributed by atoms with Crippen molar-refractivity contribution in [3.05, 3.63) is 42.5 Å². The molecule has 2 aromatic carbocycles. The summed E-state index contributed by atoms with van der Waals surface area (Å²) in [4.78, 5) is 23.7. The molecule has 0 saturated carbocycles. The van der Waals surface area contributed by atoms with Crippen molar-refractivity contribution in [2.45, 2.75) is 11.7 Å². The van der Waals surface area contributed by atoms with Crippen molar-refractivity contribution < 1.29 is 9.59 Å². The second-order valence-electron chi connectivity index (χ2n) is 4.96. The van der Waals surface area contributed by atoms with Gasteiger partial charge in [0, 0.05) is 24.4 Å². The van der Waals surface area contributed by atoms with E-state index in [0.29, 0.717) is 6.54 Å². The molecule has 1 fully saturated rings. The van der Waals surface area contributed by atoms with Gasteiger partial charge in [0.05, 0.1) is 5.25 Å². The van der Waals surface area contributed by atoms with Crippen molar-refractivity contribution in [3.8, 4) is 0 Å². The highest BCUT2D eigenvalue weighted by molar-refractivity contribution is 8.00. The Bertz CT molecular complexity index is 687. The van der Waals surface area contributed by atoms with E-state index in [9.17, 15) is 9.59 Å². The van der Waals surface area contributed by atoms with E-state index in [1.807, 2.05) is 42.5 Å². The van der Waals surface area contributed by atoms with Crippen molar-refractivity contribution in [1.82, 2.24) is 5.32 Å². The van der Waals surface area contributed by atoms with Crippen LogP contribution < -0.4 is 10.6 Å². The molecule has 2 amide bonds. The number of thioether (sulfide) groups is 1.